The van der Waals surface area contributed by atoms with Crippen LogP contribution in [0.4, 0.5) is 5.69 Å². The van der Waals surface area contributed by atoms with Crippen LogP contribution in [0.1, 0.15) is 11.1 Å². The Labute approximate surface area is 83.6 Å². The summed E-state index contributed by atoms with van der Waals surface area (Å²) in [7, 11) is 2.25. The average Bonchev–Trinajstić information content (AvgIpc) is 2.02. The van der Waals surface area contributed by atoms with E-state index in [0.717, 1.165) is 5.56 Å². The largest absolute Gasteiger partial charge is 0.508 e. The molecule has 1 aromatic rings. The van der Waals surface area contributed by atoms with Gasteiger partial charge in [0.15, 0.2) is 0 Å². The fourth-order valence-electron chi connectivity index (χ4n) is 1.26. The molecule has 5 heteroatoms. The molecule has 0 spiro atoms. The Hall–Kier alpha value is -1.41. The highest BCUT2D eigenvalue weighted by Gasteiger charge is 2.16. The predicted octanol–water partition coefficient (Wildman–Crippen LogP) is 1.93. The van der Waals surface area contributed by atoms with Crippen molar-refractivity contribution in [2.75, 3.05) is 0 Å². The number of benzene rings is 1. The summed E-state index contributed by atoms with van der Waals surface area (Å²) >= 11 is 0. The van der Waals surface area contributed by atoms with Crippen LogP contribution >= 0.6 is 9.24 Å². The molecular weight excluding hydrogens is 201 g/mol. The molecule has 0 radical (unpaired) electrons. The lowest BCUT2D eigenvalue weighted by molar-refractivity contribution is -0.383. The molecule has 4 nitrogen and oxygen atoms in total. The molecule has 0 aliphatic carbocycles. The lowest BCUT2D eigenvalue weighted by Crippen LogP contribution is -2.09. The Morgan fingerprint density at radius 2 is 2.21 bits per heavy atom. The zero-order chi connectivity index (χ0) is 10.9. The van der Waals surface area contributed by atoms with E-state index < -0.39 is 4.92 Å². The molecule has 0 saturated carbocycles. The quantitative estimate of drug-likeness (QED) is 0.352. The van der Waals surface area contributed by atoms with Crippen LogP contribution in [0.25, 0.3) is 5.76 Å². The first kappa shape index (κ1) is 10.7. The molecule has 0 heterocycles. The van der Waals surface area contributed by atoms with Gasteiger partial charge >= 0.3 is 0 Å². The first-order valence-electron chi connectivity index (χ1n) is 3.87. The number of aliphatic hydroxyl groups excluding tert-OH is 1. The van der Waals surface area contributed by atoms with Gasteiger partial charge in [0.05, 0.1) is 10.2 Å². The highest BCUT2D eigenvalue weighted by molar-refractivity contribution is 7.28. The van der Waals surface area contributed by atoms with Crippen molar-refractivity contribution in [3.63, 3.8) is 0 Å². The minimum atomic E-state index is -0.492. The van der Waals surface area contributed by atoms with Gasteiger partial charge in [-0.3, -0.25) is 10.1 Å². The van der Waals surface area contributed by atoms with Crippen molar-refractivity contribution in [3.05, 3.63) is 40.0 Å². The molecule has 74 valence electrons. The highest BCUT2D eigenvalue weighted by Crippen LogP contribution is 2.21. The van der Waals surface area contributed by atoms with Crippen molar-refractivity contribution in [2.24, 2.45) is 0 Å². The summed E-state index contributed by atoms with van der Waals surface area (Å²) < 4.78 is 0. The molecular formula is C9H10NO3P. The van der Waals surface area contributed by atoms with Gasteiger partial charge in [0.25, 0.3) is 5.69 Å². The fraction of sp³-hybridized carbons (Fsp3) is 0.111. The molecule has 0 aliphatic rings. The van der Waals surface area contributed by atoms with Gasteiger partial charge < -0.3 is 5.11 Å². The minimum Gasteiger partial charge on any atom is -0.508 e. The van der Waals surface area contributed by atoms with Crippen LogP contribution in [0.5, 0.6) is 0 Å². The zero-order valence-electron chi connectivity index (χ0n) is 7.65. The minimum absolute atomic E-state index is 0.0363. The standard InChI is InChI=1S/C9H10NO3P/c1-5-3-4-7(10(12)13)9(14)8(5)6(2)11/h3-4,11H,2,14H2,1H3. The van der Waals surface area contributed by atoms with E-state index in [1.807, 2.05) is 0 Å². The molecule has 1 N–H and O–H groups in total. The summed E-state index contributed by atoms with van der Waals surface area (Å²) in [5.41, 5.74) is 1.14. The Morgan fingerprint density at radius 1 is 1.64 bits per heavy atom. The second-order valence-electron chi connectivity index (χ2n) is 2.89. The van der Waals surface area contributed by atoms with E-state index in [2.05, 4.69) is 15.8 Å². The van der Waals surface area contributed by atoms with Crippen molar-refractivity contribution in [1.82, 2.24) is 0 Å². The van der Waals surface area contributed by atoms with Gasteiger partial charge in [-0.25, -0.2) is 0 Å². The number of hydrogen-bond acceptors (Lipinski definition) is 3. The van der Waals surface area contributed by atoms with E-state index in [1.165, 1.54) is 6.07 Å². The summed E-state index contributed by atoms with van der Waals surface area (Å²) in [6.45, 7) is 5.13. The smallest absolute Gasteiger partial charge is 0.277 e. The number of hydrogen-bond donors (Lipinski definition) is 1. The second-order valence-corrected chi connectivity index (χ2v) is 3.47. The van der Waals surface area contributed by atoms with Gasteiger partial charge in [-0.2, -0.15) is 0 Å². The third-order valence-corrected chi connectivity index (χ3v) is 2.50. The number of aliphatic hydroxyl groups is 1. The van der Waals surface area contributed by atoms with E-state index in [0.29, 0.717) is 10.9 Å². The third-order valence-electron chi connectivity index (χ3n) is 1.92. The number of nitro benzene ring substituents is 1. The summed E-state index contributed by atoms with van der Waals surface area (Å²) in [5, 5.41) is 20.2. The molecule has 0 amide bonds. The van der Waals surface area contributed by atoms with Crippen LogP contribution in [0.2, 0.25) is 0 Å². The first-order chi connectivity index (χ1) is 6.45. The molecule has 1 rings (SSSR count). The Balaban J connectivity index is 3.49. The topological polar surface area (TPSA) is 63.4 Å². The third kappa shape index (κ3) is 1.75. The lowest BCUT2D eigenvalue weighted by atomic mass is 10.1. The monoisotopic (exact) mass is 211 g/mol. The molecule has 1 aromatic carbocycles. The number of nitrogens with zero attached hydrogens (tertiary/aromatic N) is 1. The van der Waals surface area contributed by atoms with E-state index in [-0.39, 0.29) is 11.4 Å². The van der Waals surface area contributed by atoms with Crippen LogP contribution in [0.15, 0.2) is 18.7 Å². The number of rotatable bonds is 2. The van der Waals surface area contributed by atoms with Gasteiger partial charge in [0.2, 0.25) is 0 Å². The maximum Gasteiger partial charge on any atom is 0.277 e. The summed E-state index contributed by atoms with van der Waals surface area (Å²) in [6, 6.07) is 2.99. The van der Waals surface area contributed by atoms with Gasteiger partial charge in [0, 0.05) is 11.6 Å². The second kappa shape index (κ2) is 3.76. The Bertz CT molecular complexity index is 415. The molecule has 1 atom stereocenters. The van der Waals surface area contributed by atoms with Crippen molar-refractivity contribution in [3.8, 4) is 0 Å². The van der Waals surface area contributed by atoms with Crippen molar-refractivity contribution in [1.29, 1.82) is 0 Å². The van der Waals surface area contributed by atoms with E-state index in [1.54, 1.807) is 13.0 Å². The highest BCUT2D eigenvalue weighted by atomic mass is 31.0. The summed E-state index contributed by atoms with van der Waals surface area (Å²) in [4.78, 5) is 10.1. The zero-order valence-corrected chi connectivity index (χ0v) is 8.80. The maximum absolute atomic E-state index is 10.6. The van der Waals surface area contributed by atoms with Crippen LogP contribution in [0, 0.1) is 17.0 Å². The van der Waals surface area contributed by atoms with Crippen LogP contribution in [-0.2, 0) is 0 Å². The molecule has 0 saturated heterocycles. The average molecular weight is 211 g/mol. The van der Waals surface area contributed by atoms with Crippen LogP contribution in [-0.4, -0.2) is 10.0 Å². The fourth-order valence-corrected chi connectivity index (χ4v) is 1.86. The van der Waals surface area contributed by atoms with Crippen molar-refractivity contribution < 1.29 is 10.0 Å². The predicted molar refractivity (Wildman–Crippen MR) is 58.8 cm³/mol. The van der Waals surface area contributed by atoms with Crippen LogP contribution in [0.3, 0.4) is 0 Å². The number of nitro groups is 1. The molecule has 0 aromatic heterocycles. The lowest BCUT2D eigenvalue weighted by Gasteiger charge is -2.07. The molecule has 1 unspecified atom stereocenters. The van der Waals surface area contributed by atoms with Crippen LogP contribution < -0.4 is 5.30 Å². The maximum atomic E-state index is 10.6. The van der Waals surface area contributed by atoms with E-state index >= 15 is 0 Å². The first-order valence-corrected chi connectivity index (χ1v) is 4.44. The summed E-state index contributed by atoms with van der Waals surface area (Å²) in [6.07, 6.45) is 0. The molecule has 14 heavy (non-hydrogen) atoms. The summed E-state index contributed by atoms with van der Waals surface area (Å²) in [5.74, 6) is -0.156. The van der Waals surface area contributed by atoms with Gasteiger partial charge in [-0.1, -0.05) is 21.9 Å². The van der Waals surface area contributed by atoms with E-state index in [4.69, 9.17) is 0 Å². The van der Waals surface area contributed by atoms with Gasteiger partial charge in [0.1, 0.15) is 5.76 Å². The molecule has 0 aliphatic heterocycles. The molecule has 0 bridgehead atoms. The SMILES string of the molecule is C=C(O)c1c(C)ccc([N+](=O)[O-])c1P. The Kier molecular flexibility index (Phi) is 2.87. The molecule has 0 fully saturated rings. The number of aryl methyl sites for hydroxylation is 1. The van der Waals surface area contributed by atoms with Gasteiger partial charge in [-0.15, -0.1) is 0 Å². The van der Waals surface area contributed by atoms with Crippen molar-refractivity contribution >= 4 is 26.0 Å². The van der Waals surface area contributed by atoms with Gasteiger partial charge in [-0.05, 0) is 12.5 Å². The van der Waals surface area contributed by atoms with E-state index in [9.17, 15) is 15.2 Å². The normalized spacial score (nSPS) is 9.86. The van der Waals surface area contributed by atoms with Crippen molar-refractivity contribution in [2.45, 2.75) is 6.92 Å². The Morgan fingerprint density at radius 3 is 2.64 bits per heavy atom.